The van der Waals surface area contributed by atoms with Crippen LogP contribution in [0.3, 0.4) is 0 Å². The second-order valence-electron chi connectivity index (χ2n) is 13.2. The molecule has 0 bridgehead atoms. The summed E-state index contributed by atoms with van der Waals surface area (Å²) in [5.74, 6) is 1.30. The van der Waals surface area contributed by atoms with E-state index in [0.29, 0.717) is 0 Å². The summed E-state index contributed by atoms with van der Waals surface area (Å²) in [7, 11) is 0. The number of fused-ring (bicyclic) bond motifs is 1. The molecule has 1 aliphatic carbocycles. The molecule has 0 spiro atoms. The van der Waals surface area contributed by atoms with Crippen molar-refractivity contribution in [3.8, 4) is 22.4 Å². The molecule has 1 fully saturated rings. The van der Waals surface area contributed by atoms with E-state index in [1.807, 2.05) is 33.8 Å². The number of rotatable bonds is 10. The van der Waals surface area contributed by atoms with E-state index in [1.165, 1.54) is 76.9 Å². The van der Waals surface area contributed by atoms with Crippen molar-refractivity contribution in [2.45, 2.75) is 112 Å². The van der Waals surface area contributed by atoms with Gasteiger partial charge in [-0.05, 0) is 105 Å². The Morgan fingerprint density at radius 3 is 2.06 bits per heavy atom. The van der Waals surface area contributed by atoms with Crippen LogP contribution in [0.4, 0.5) is 0 Å². The van der Waals surface area contributed by atoms with Gasteiger partial charge in [-0.2, -0.15) is 0 Å². The van der Waals surface area contributed by atoms with Gasteiger partial charge in [0.05, 0.1) is 11.3 Å². The second-order valence-corrected chi connectivity index (χ2v) is 13.2. The van der Waals surface area contributed by atoms with Gasteiger partial charge in [0, 0.05) is 43.4 Å². The van der Waals surface area contributed by atoms with Gasteiger partial charge in [0.2, 0.25) is 0 Å². The summed E-state index contributed by atoms with van der Waals surface area (Å²) in [4.78, 5) is 16.7. The van der Waals surface area contributed by atoms with Crippen LogP contribution in [0.25, 0.3) is 33.3 Å². The Bertz CT molecular complexity index is 1620. The van der Waals surface area contributed by atoms with E-state index in [-0.39, 0.29) is 43.5 Å². The molecule has 0 unspecified atom stereocenters. The monoisotopic (exact) mass is 809 g/mol. The number of carbonyl (C=O) groups excluding carboxylic acids is 1. The first-order valence-electron chi connectivity index (χ1n) is 17.6. The number of aromatic nitrogens is 1. The summed E-state index contributed by atoms with van der Waals surface area (Å²) < 4.78 is 0. The number of hydrogen-bond acceptors (Lipinski definition) is 3. The van der Waals surface area contributed by atoms with Crippen LogP contribution >= 0.6 is 0 Å². The molecule has 1 aliphatic rings. The zero-order valence-corrected chi connectivity index (χ0v) is 32.0. The van der Waals surface area contributed by atoms with E-state index in [0.717, 1.165) is 48.4 Å². The standard InChI is InChI=1S/C30H30N.C13H24O2.Ir/c1-20-16-21(2)30-22(3)18-28(31-29(30)17-20)27-11-7-10-26(19-27)25-14-12-24(13-15-25)23-8-5-4-6-9-23;1-5-10(6-2)12(14)9-13(15)11(7-3)8-4;/h7,10,12-19,23H,4-6,8-9H2,1-3H3;9-11,14H,5-8H2,1-4H3;/q-1;;/b;12-9-;. The van der Waals surface area contributed by atoms with Crippen LogP contribution in [0.5, 0.6) is 0 Å². The van der Waals surface area contributed by atoms with E-state index in [4.69, 9.17) is 4.98 Å². The number of carbonyl (C=O) groups is 1. The fourth-order valence-electron chi connectivity index (χ4n) is 7.08. The minimum atomic E-state index is 0. The van der Waals surface area contributed by atoms with Crippen molar-refractivity contribution in [3.63, 3.8) is 0 Å². The van der Waals surface area contributed by atoms with Gasteiger partial charge in [-0.3, -0.25) is 9.78 Å². The zero-order valence-electron chi connectivity index (χ0n) is 29.6. The molecule has 253 valence electrons. The van der Waals surface area contributed by atoms with Crippen LogP contribution < -0.4 is 0 Å². The molecular weight excluding hydrogens is 755 g/mol. The molecule has 3 nitrogen and oxygen atoms in total. The van der Waals surface area contributed by atoms with Crippen molar-refractivity contribution in [1.29, 1.82) is 0 Å². The fourth-order valence-corrected chi connectivity index (χ4v) is 7.08. The van der Waals surface area contributed by atoms with E-state index in [9.17, 15) is 9.90 Å². The number of nitrogens with zero attached hydrogens (tertiary/aromatic N) is 1. The molecule has 1 saturated carbocycles. The summed E-state index contributed by atoms with van der Waals surface area (Å²) >= 11 is 0. The predicted octanol–water partition coefficient (Wildman–Crippen LogP) is 12.2. The van der Waals surface area contributed by atoms with Gasteiger partial charge in [0.25, 0.3) is 0 Å². The molecular formula is C43H54IrNO2-. The quantitative estimate of drug-likeness (QED) is 0.0986. The first kappa shape index (κ1) is 38.4. The van der Waals surface area contributed by atoms with Crippen molar-refractivity contribution >= 4 is 16.7 Å². The minimum Gasteiger partial charge on any atom is -0.512 e. The van der Waals surface area contributed by atoms with Gasteiger partial charge >= 0.3 is 0 Å². The second kappa shape index (κ2) is 18.5. The molecule has 0 saturated heterocycles. The molecule has 4 aromatic rings. The molecule has 1 N–H and O–H groups in total. The summed E-state index contributed by atoms with van der Waals surface area (Å²) in [5, 5.41) is 11.0. The molecule has 0 aliphatic heterocycles. The van der Waals surface area contributed by atoms with Gasteiger partial charge in [-0.15, -0.1) is 35.4 Å². The summed E-state index contributed by atoms with van der Waals surface area (Å²) in [6.45, 7) is 14.6. The molecule has 0 atom stereocenters. The van der Waals surface area contributed by atoms with Crippen molar-refractivity contribution in [3.05, 3.63) is 101 Å². The number of pyridine rings is 1. The normalized spacial score (nSPS) is 13.8. The van der Waals surface area contributed by atoms with Crippen molar-refractivity contribution in [2.75, 3.05) is 0 Å². The Morgan fingerprint density at radius 2 is 1.45 bits per heavy atom. The first-order chi connectivity index (χ1) is 22.2. The van der Waals surface area contributed by atoms with Crippen molar-refractivity contribution in [2.24, 2.45) is 11.8 Å². The minimum absolute atomic E-state index is 0. The predicted molar refractivity (Wildman–Crippen MR) is 195 cm³/mol. The number of aliphatic hydroxyl groups is 1. The van der Waals surface area contributed by atoms with E-state index in [1.54, 1.807) is 0 Å². The third-order valence-corrected chi connectivity index (χ3v) is 9.93. The number of hydrogen-bond donors (Lipinski definition) is 1. The first-order valence-corrected chi connectivity index (χ1v) is 17.6. The largest absolute Gasteiger partial charge is 0.512 e. The molecule has 1 heterocycles. The van der Waals surface area contributed by atoms with Crippen LogP contribution in [0.15, 0.2) is 72.5 Å². The summed E-state index contributed by atoms with van der Waals surface area (Å²) in [5.41, 5.74) is 10.9. The van der Waals surface area contributed by atoms with Crippen LogP contribution in [0.2, 0.25) is 0 Å². The zero-order chi connectivity index (χ0) is 33.2. The van der Waals surface area contributed by atoms with Gasteiger partial charge in [0.1, 0.15) is 0 Å². The topological polar surface area (TPSA) is 50.2 Å². The Kier molecular flexibility index (Phi) is 15.1. The molecule has 1 aromatic heterocycles. The van der Waals surface area contributed by atoms with Gasteiger partial charge in [-0.25, -0.2) is 0 Å². The average molecular weight is 809 g/mol. The van der Waals surface area contributed by atoms with Gasteiger partial charge in [-0.1, -0.05) is 83.4 Å². The Labute approximate surface area is 297 Å². The SMILES string of the molecule is CCC(CC)C(=O)/C=C(\O)C(CC)CC.Cc1cc(C)c2c(C)cc(-c3[c-]ccc(-c4ccc(C5CCCCC5)cc4)c3)nc2c1.[Ir]. The average Bonchev–Trinajstić information content (AvgIpc) is 3.06. The van der Waals surface area contributed by atoms with Crippen LogP contribution in [-0.2, 0) is 24.9 Å². The third-order valence-electron chi connectivity index (χ3n) is 9.93. The summed E-state index contributed by atoms with van der Waals surface area (Å²) in [6.07, 6.45) is 11.7. The third kappa shape index (κ3) is 9.97. The van der Waals surface area contributed by atoms with Crippen LogP contribution in [-0.4, -0.2) is 15.9 Å². The number of ketones is 1. The number of aryl methyl sites for hydroxylation is 3. The Hall–Kier alpha value is -3.07. The maximum absolute atomic E-state index is 11.7. The van der Waals surface area contributed by atoms with E-state index in [2.05, 4.69) is 81.4 Å². The fraction of sp³-hybridized carbons (Fsp3) is 0.442. The van der Waals surface area contributed by atoms with E-state index < -0.39 is 0 Å². The number of allylic oxidation sites excluding steroid dienone is 2. The number of benzene rings is 3. The van der Waals surface area contributed by atoms with Gasteiger partial charge in [0.15, 0.2) is 5.78 Å². The molecule has 4 heteroatoms. The maximum atomic E-state index is 11.7. The molecule has 1 radical (unpaired) electrons. The van der Waals surface area contributed by atoms with Crippen molar-refractivity contribution < 1.29 is 30.0 Å². The maximum Gasteiger partial charge on any atom is 0.162 e. The smallest absolute Gasteiger partial charge is 0.162 e. The number of aliphatic hydroxyl groups excluding tert-OH is 1. The Morgan fingerprint density at radius 1 is 0.830 bits per heavy atom. The molecule has 0 amide bonds. The summed E-state index contributed by atoms with van der Waals surface area (Å²) in [6, 6.07) is 25.7. The van der Waals surface area contributed by atoms with Crippen LogP contribution in [0, 0.1) is 38.7 Å². The Balaban J connectivity index is 0.000000322. The van der Waals surface area contributed by atoms with Crippen molar-refractivity contribution in [1.82, 2.24) is 4.98 Å². The molecule has 3 aromatic carbocycles. The molecule has 47 heavy (non-hydrogen) atoms. The van der Waals surface area contributed by atoms with Crippen LogP contribution in [0.1, 0.15) is 114 Å². The van der Waals surface area contributed by atoms with E-state index >= 15 is 0 Å². The molecule has 5 rings (SSSR count). The van der Waals surface area contributed by atoms with Gasteiger partial charge < -0.3 is 5.11 Å².